The van der Waals surface area contributed by atoms with E-state index in [0.29, 0.717) is 11.3 Å². The molecule has 2 aromatic rings. The first-order chi connectivity index (χ1) is 13.6. The molecule has 0 spiro atoms. The van der Waals surface area contributed by atoms with Gasteiger partial charge in [0.05, 0.1) is 13.3 Å². The van der Waals surface area contributed by atoms with E-state index in [4.69, 9.17) is 10.5 Å². The van der Waals surface area contributed by atoms with Crippen LogP contribution in [0.5, 0.6) is 5.75 Å². The molecule has 0 saturated heterocycles. The third-order valence-corrected chi connectivity index (χ3v) is 4.50. The quantitative estimate of drug-likeness (QED) is 0.802. The monoisotopic (exact) mass is 409 g/mol. The summed E-state index contributed by atoms with van der Waals surface area (Å²) in [7, 11) is 1.46. The van der Waals surface area contributed by atoms with Crippen molar-refractivity contribution in [2.24, 2.45) is 10.7 Å². The fraction of sp³-hybridized carbons (Fsp3) is 0.333. The predicted molar refractivity (Wildman–Crippen MR) is 97.5 cm³/mol. The van der Waals surface area contributed by atoms with Crippen LogP contribution in [0.25, 0.3) is 0 Å². The van der Waals surface area contributed by atoms with E-state index in [2.05, 4.69) is 25.0 Å². The molecule has 154 valence electrons. The number of amidine groups is 1. The lowest BCUT2D eigenvalue weighted by atomic mass is 9.89. The van der Waals surface area contributed by atoms with Crippen LogP contribution in [-0.2, 0) is 10.3 Å². The van der Waals surface area contributed by atoms with Gasteiger partial charge in [0, 0.05) is 0 Å². The van der Waals surface area contributed by atoms with Gasteiger partial charge in [0.2, 0.25) is 0 Å². The number of nitrogens with two attached hydrogens (primary N) is 1. The molecule has 11 heteroatoms. The smallest absolute Gasteiger partial charge is 0.311 e. The van der Waals surface area contributed by atoms with E-state index in [1.165, 1.54) is 13.3 Å². The van der Waals surface area contributed by atoms with Gasteiger partial charge in [-0.3, -0.25) is 4.79 Å². The zero-order valence-electron chi connectivity index (χ0n) is 15.8. The summed E-state index contributed by atoms with van der Waals surface area (Å²) in [5.74, 6) is -4.95. The molecule has 0 fully saturated rings. The maximum Gasteiger partial charge on any atom is 0.311 e. The first kappa shape index (κ1) is 20.4. The molecule has 0 radical (unpaired) electrons. The Kier molecular flexibility index (Phi) is 5.07. The number of methoxy groups -OCH3 is 1. The van der Waals surface area contributed by atoms with Crippen LogP contribution in [0.1, 0.15) is 28.7 Å². The molecule has 29 heavy (non-hydrogen) atoms. The molecular weight excluding hydrogens is 391 g/mol. The number of pyridine rings is 2. The molecule has 3 N–H and O–H groups in total. The summed E-state index contributed by atoms with van der Waals surface area (Å²) < 4.78 is 52.9. The number of alkyl halides is 2. The molecule has 2 aromatic heterocycles. The van der Waals surface area contributed by atoms with Crippen LogP contribution in [-0.4, -0.2) is 41.5 Å². The van der Waals surface area contributed by atoms with Crippen LogP contribution < -0.4 is 15.8 Å². The molecule has 1 aliphatic rings. The minimum atomic E-state index is -3.58. The number of aromatic nitrogens is 2. The second kappa shape index (κ2) is 7.22. The van der Waals surface area contributed by atoms with Crippen molar-refractivity contribution >= 4 is 17.7 Å². The fourth-order valence-corrected chi connectivity index (χ4v) is 2.79. The highest BCUT2D eigenvalue weighted by atomic mass is 19.3. The number of nitrogens with one attached hydrogen (secondary N) is 1. The number of aryl methyl sites for hydroxylation is 1. The lowest BCUT2D eigenvalue weighted by Crippen LogP contribution is -2.51. The van der Waals surface area contributed by atoms with E-state index < -0.39 is 41.5 Å². The second-order valence-corrected chi connectivity index (χ2v) is 6.54. The van der Waals surface area contributed by atoms with Crippen molar-refractivity contribution in [2.45, 2.75) is 25.3 Å². The minimum absolute atomic E-state index is 0.0725. The van der Waals surface area contributed by atoms with E-state index in [1.807, 2.05) is 0 Å². The molecule has 0 aliphatic carbocycles. The van der Waals surface area contributed by atoms with Crippen LogP contribution in [0.2, 0.25) is 0 Å². The Morgan fingerprint density at radius 2 is 2.10 bits per heavy atom. The lowest BCUT2D eigenvalue weighted by Gasteiger charge is -2.36. The van der Waals surface area contributed by atoms with Crippen LogP contribution in [0.3, 0.4) is 0 Å². The molecule has 3 rings (SSSR count). The van der Waals surface area contributed by atoms with Gasteiger partial charge in [-0.1, -0.05) is 0 Å². The van der Waals surface area contributed by atoms with Gasteiger partial charge in [0.15, 0.2) is 12.1 Å². The highest BCUT2D eigenvalue weighted by Crippen LogP contribution is 2.43. The summed E-state index contributed by atoms with van der Waals surface area (Å²) in [6.07, 6.45) is 1.35. The molecule has 1 unspecified atom stereocenters. The minimum Gasteiger partial charge on any atom is -0.495 e. The van der Waals surface area contributed by atoms with Gasteiger partial charge in [0.1, 0.15) is 28.8 Å². The van der Waals surface area contributed by atoms with E-state index in [-0.39, 0.29) is 11.5 Å². The van der Waals surface area contributed by atoms with Crippen molar-refractivity contribution in [3.63, 3.8) is 0 Å². The van der Waals surface area contributed by atoms with Gasteiger partial charge in [0.25, 0.3) is 11.9 Å². The standard InChI is InChI=1S/C18H18F3N5O3/c1-9-6-10(28-3)7-23-13(9)15(27)25-12-5-4-11(19)14(24-12)17(2)18(20,21)8-29-16(22)26-17/h4-7H,8H2,1-3H3,(H2,22,26)(H,24,25,27). The number of ether oxygens (including phenoxy) is 2. The molecule has 1 atom stereocenters. The van der Waals surface area contributed by atoms with E-state index >= 15 is 0 Å². The number of anilines is 1. The summed E-state index contributed by atoms with van der Waals surface area (Å²) >= 11 is 0. The third kappa shape index (κ3) is 3.67. The number of rotatable bonds is 4. The highest BCUT2D eigenvalue weighted by Gasteiger charge is 2.57. The summed E-state index contributed by atoms with van der Waals surface area (Å²) in [6, 6.07) is 3.15. The van der Waals surface area contributed by atoms with Gasteiger partial charge >= 0.3 is 5.92 Å². The summed E-state index contributed by atoms with van der Waals surface area (Å²) in [5.41, 5.74) is 2.92. The molecule has 8 nitrogen and oxygen atoms in total. The lowest BCUT2D eigenvalue weighted by molar-refractivity contribution is -0.118. The van der Waals surface area contributed by atoms with Crippen LogP contribution in [0.4, 0.5) is 19.0 Å². The normalized spacial score (nSPS) is 20.4. The summed E-state index contributed by atoms with van der Waals surface area (Å²) in [6.45, 7) is 1.56. The average Bonchev–Trinajstić information content (AvgIpc) is 2.66. The number of hydrogen-bond donors (Lipinski definition) is 2. The second-order valence-electron chi connectivity index (χ2n) is 6.54. The van der Waals surface area contributed by atoms with Gasteiger partial charge in [-0.15, -0.1) is 0 Å². The molecule has 0 saturated carbocycles. The Morgan fingerprint density at radius 1 is 1.38 bits per heavy atom. The van der Waals surface area contributed by atoms with Crippen molar-refractivity contribution in [3.05, 3.63) is 47.2 Å². The molecule has 1 aliphatic heterocycles. The molecule has 0 bridgehead atoms. The highest BCUT2D eigenvalue weighted by molar-refractivity contribution is 6.03. The first-order valence-electron chi connectivity index (χ1n) is 8.42. The summed E-state index contributed by atoms with van der Waals surface area (Å²) in [4.78, 5) is 24.0. The van der Waals surface area contributed by atoms with Gasteiger partial charge < -0.3 is 20.5 Å². The Labute approximate surface area is 164 Å². The zero-order valence-corrected chi connectivity index (χ0v) is 15.8. The number of amides is 1. The number of aliphatic imine (C=N–C) groups is 1. The number of nitrogens with zero attached hydrogens (tertiary/aromatic N) is 3. The average molecular weight is 409 g/mol. The summed E-state index contributed by atoms with van der Waals surface area (Å²) in [5, 5.41) is 2.42. The van der Waals surface area contributed by atoms with Crippen molar-refractivity contribution in [1.29, 1.82) is 0 Å². The van der Waals surface area contributed by atoms with E-state index in [1.54, 1.807) is 13.0 Å². The van der Waals surface area contributed by atoms with Gasteiger partial charge in [-0.05, 0) is 37.6 Å². The predicted octanol–water partition coefficient (Wildman–Crippen LogP) is 2.38. The third-order valence-electron chi connectivity index (χ3n) is 4.50. The van der Waals surface area contributed by atoms with Crippen LogP contribution in [0, 0.1) is 12.7 Å². The Bertz CT molecular complexity index is 999. The molecular formula is C18H18F3N5O3. The van der Waals surface area contributed by atoms with Crippen molar-refractivity contribution in [1.82, 2.24) is 9.97 Å². The van der Waals surface area contributed by atoms with Crippen LogP contribution >= 0.6 is 0 Å². The number of carbonyl (C=O) groups excluding carboxylic acids is 1. The number of carbonyl (C=O) groups is 1. The largest absolute Gasteiger partial charge is 0.495 e. The maximum absolute atomic E-state index is 14.5. The SMILES string of the molecule is COc1cnc(C(=O)Nc2ccc(F)c(C3(C)N=C(N)OCC3(F)F)n2)c(C)c1. The molecule has 0 aromatic carbocycles. The van der Waals surface area contributed by atoms with Gasteiger partial charge in [-0.2, -0.15) is 8.78 Å². The Morgan fingerprint density at radius 3 is 2.76 bits per heavy atom. The maximum atomic E-state index is 14.5. The van der Waals surface area contributed by atoms with Gasteiger partial charge in [-0.25, -0.2) is 19.4 Å². The molecule has 1 amide bonds. The van der Waals surface area contributed by atoms with E-state index in [9.17, 15) is 18.0 Å². The number of hydrogen-bond acceptors (Lipinski definition) is 7. The van der Waals surface area contributed by atoms with Crippen LogP contribution in [0.15, 0.2) is 29.4 Å². The topological polar surface area (TPSA) is 112 Å². The van der Waals surface area contributed by atoms with Crippen molar-refractivity contribution in [2.75, 3.05) is 19.0 Å². The van der Waals surface area contributed by atoms with Crippen molar-refractivity contribution in [3.8, 4) is 5.75 Å². The van der Waals surface area contributed by atoms with E-state index in [0.717, 1.165) is 19.1 Å². The fourth-order valence-electron chi connectivity index (χ4n) is 2.79. The zero-order chi connectivity index (χ0) is 21.4. The number of halogens is 3. The Balaban J connectivity index is 1.96. The Hall–Kier alpha value is -3.37. The first-order valence-corrected chi connectivity index (χ1v) is 8.42. The van der Waals surface area contributed by atoms with Crippen molar-refractivity contribution < 1.29 is 27.4 Å². The molecule has 3 heterocycles.